The van der Waals surface area contributed by atoms with Gasteiger partial charge in [0.25, 0.3) is 0 Å². The van der Waals surface area contributed by atoms with Gasteiger partial charge < -0.3 is 14.7 Å². The lowest BCUT2D eigenvalue weighted by Gasteiger charge is -2.26. The number of nitrogens with zero attached hydrogens (tertiary/aromatic N) is 5. The van der Waals surface area contributed by atoms with E-state index in [-0.39, 0.29) is 18.0 Å². The molecule has 1 amide bonds. The third-order valence-corrected chi connectivity index (χ3v) is 4.47. The van der Waals surface area contributed by atoms with E-state index in [1.54, 1.807) is 6.33 Å². The summed E-state index contributed by atoms with van der Waals surface area (Å²) in [6.07, 6.45) is 4.52. The molecule has 1 fully saturated rings. The summed E-state index contributed by atoms with van der Waals surface area (Å²) in [5.41, 5.74) is 0.874. The summed E-state index contributed by atoms with van der Waals surface area (Å²) < 4.78 is 4.74. The number of aromatic nitrogens is 4. The van der Waals surface area contributed by atoms with Crippen LogP contribution >= 0.6 is 0 Å². The molecule has 2 aromatic heterocycles. The topological polar surface area (TPSA) is 97.0 Å². The summed E-state index contributed by atoms with van der Waals surface area (Å²) >= 11 is 0. The van der Waals surface area contributed by atoms with Gasteiger partial charge in [-0.25, -0.2) is 9.97 Å². The van der Waals surface area contributed by atoms with Crippen LogP contribution in [0.5, 0.6) is 0 Å². The average molecular weight is 338 g/mol. The minimum atomic E-state index is -0.309. The van der Waals surface area contributed by atoms with Crippen LogP contribution in [0.25, 0.3) is 10.9 Å². The van der Waals surface area contributed by atoms with Crippen molar-refractivity contribution in [3.05, 3.63) is 42.8 Å². The molecule has 8 nitrogen and oxygen atoms in total. The number of hydrogen-bond acceptors (Lipinski definition) is 7. The molecule has 8 heteroatoms. The first-order valence-electron chi connectivity index (χ1n) is 8.27. The fraction of sp³-hybridized carbons (Fsp3) is 0.353. The first-order valence-corrected chi connectivity index (χ1v) is 8.27. The summed E-state index contributed by atoms with van der Waals surface area (Å²) in [6.45, 7) is 2.62. The van der Waals surface area contributed by atoms with Crippen molar-refractivity contribution in [1.82, 2.24) is 25.4 Å². The van der Waals surface area contributed by atoms with Crippen molar-refractivity contribution in [3.8, 4) is 0 Å². The molecule has 0 spiro atoms. The van der Waals surface area contributed by atoms with E-state index < -0.39 is 0 Å². The Labute approximate surface area is 144 Å². The van der Waals surface area contributed by atoms with Crippen LogP contribution < -0.4 is 10.2 Å². The van der Waals surface area contributed by atoms with Gasteiger partial charge in [0, 0.05) is 11.9 Å². The highest BCUT2D eigenvalue weighted by Crippen LogP contribution is 2.29. The molecule has 1 aliphatic heterocycles. The molecule has 2 atom stereocenters. The van der Waals surface area contributed by atoms with Crippen LogP contribution in [0.2, 0.25) is 0 Å². The molecule has 4 rings (SSSR count). The predicted molar refractivity (Wildman–Crippen MR) is 90.8 cm³/mol. The highest BCUT2D eigenvalue weighted by atomic mass is 16.5. The Morgan fingerprint density at radius 1 is 1.32 bits per heavy atom. The minimum Gasteiger partial charge on any atom is -0.344 e. The summed E-state index contributed by atoms with van der Waals surface area (Å²) in [4.78, 5) is 27.6. The van der Waals surface area contributed by atoms with Crippen molar-refractivity contribution in [2.45, 2.75) is 31.8 Å². The third-order valence-electron chi connectivity index (χ3n) is 4.47. The number of rotatable bonds is 4. The van der Waals surface area contributed by atoms with Crippen LogP contribution in [0.3, 0.4) is 0 Å². The third kappa shape index (κ3) is 2.90. The number of carbonyl (C=O) groups is 1. The Morgan fingerprint density at radius 3 is 3.04 bits per heavy atom. The maximum absolute atomic E-state index is 12.8. The first kappa shape index (κ1) is 15.5. The molecular weight excluding hydrogens is 320 g/mol. The molecule has 128 valence electrons. The van der Waals surface area contributed by atoms with E-state index in [4.69, 9.17) is 4.52 Å². The van der Waals surface area contributed by atoms with Gasteiger partial charge in [-0.15, -0.1) is 0 Å². The van der Waals surface area contributed by atoms with E-state index in [0.29, 0.717) is 5.82 Å². The number of carbonyl (C=O) groups excluding carboxylic acids is 1. The maximum atomic E-state index is 12.8. The van der Waals surface area contributed by atoms with E-state index in [1.165, 1.54) is 6.39 Å². The molecule has 25 heavy (non-hydrogen) atoms. The van der Waals surface area contributed by atoms with Crippen molar-refractivity contribution in [2.24, 2.45) is 0 Å². The van der Waals surface area contributed by atoms with Gasteiger partial charge in [-0.3, -0.25) is 4.79 Å². The standard InChI is InChI=1S/C17H18N6O2/c1-11(15-20-10-25-22-15)21-17(24)14-7-4-8-23(14)16-12-5-2-3-6-13(12)18-9-19-16/h2-3,5-6,9-11,14H,4,7-8H2,1H3,(H,21,24)/t11-,14-/m0/s1. The Bertz CT molecular complexity index is 876. The van der Waals surface area contributed by atoms with E-state index in [1.807, 2.05) is 31.2 Å². The van der Waals surface area contributed by atoms with Crippen LogP contribution in [-0.2, 0) is 4.79 Å². The van der Waals surface area contributed by atoms with Gasteiger partial charge in [0.1, 0.15) is 18.2 Å². The van der Waals surface area contributed by atoms with Gasteiger partial charge in [-0.1, -0.05) is 17.3 Å². The molecule has 0 unspecified atom stereocenters. The first-order chi connectivity index (χ1) is 12.2. The van der Waals surface area contributed by atoms with E-state index in [9.17, 15) is 4.79 Å². The van der Waals surface area contributed by atoms with Crippen molar-refractivity contribution >= 4 is 22.6 Å². The van der Waals surface area contributed by atoms with Gasteiger partial charge in [0.2, 0.25) is 12.3 Å². The van der Waals surface area contributed by atoms with Crippen molar-refractivity contribution in [3.63, 3.8) is 0 Å². The highest BCUT2D eigenvalue weighted by Gasteiger charge is 2.33. The predicted octanol–water partition coefficient (Wildman–Crippen LogP) is 1.86. The Morgan fingerprint density at radius 2 is 2.20 bits per heavy atom. The van der Waals surface area contributed by atoms with Gasteiger partial charge in [-0.05, 0) is 31.9 Å². The summed E-state index contributed by atoms with van der Waals surface area (Å²) in [6, 6.07) is 7.26. The molecule has 3 aromatic rings. The Hall–Kier alpha value is -3.03. The molecule has 1 aromatic carbocycles. The number of anilines is 1. The van der Waals surface area contributed by atoms with Gasteiger partial charge in [0.05, 0.1) is 11.6 Å². The molecule has 1 N–H and O–H groups in total. The molecule has 0 aliphatic carbocycles. The average Bonchev–Trinajstić information content (AvgIpc) is 3.33. The number of nitrogens with one attached hydrogen (secondary N) is 1. The van der Waals surface area contributed by atoms with Gasteiger partial charge in [0.15, 0.2) is 5.82 Å². The fourth-order valence-electron chi connectivity index (χ4n) is 3.26. The van der Waals surface area contributed by atoms with Crippen molar-refractivity contribution < 1.29 is 9.32 Å². The van der Waals surface area contributed by atoms with Crippen LogP contribution in [0.4, 0.5) is 5.82 Å². The maximum Gasteiger partial charge on any atom is 0.243 e. The molecule has 0 bridgehead atoms. The molecule has 3 heterocycles. The monoisotopic (exact) mass is 338 g/mol. The summed E-state index contributed by atoms with van der Waals surface area (Å²) in [5.74, 6) is 1.21. The molecule has 1 saturated heterocycles. The zero-order chi connectivity index (χ0) is 17.2. The zero-order valence-corrected chi connectivity index (χ0v) is 13.8. The fourth-order valence-corrected chi connectivity index (χ4v) is 3.26. The lowest BCUT2D eigenvalue weighted by Crippen LogP contribution is -2.44. The van der Waals surface area contributed by atoms with Crippen molar-refractivity contribution in [1.29, 1.82) is 0 Å². The lowest BCUT2D eigenvalue weighted by molar-refractivity contribution is -0.122. The second kappa shape index (κ2) is 6.46. The van der Waals surface area contributed by atoms with Crippen LogP contribution in [0.1, 0.15) is 31.6 Å². The van der Waals surface area contributed by atoms with Gasteiger partial charge >= 0.3 is 0 Å². The number of hydrogen-bond donors (Lipinski definition) is 1. The molecule has 0 saturated carbocycles. The van der Waals surface area contributed by atoms with E-state index in [0.717, 1.165) is 36.1 Å². The molecule has 1 aliphatic rings. The molecular formula is C17H18N6O2. The SMILES string of the molecule is C[C@H](NC(=O)[C@@H]1CCCN1c1ncnc2ccccc12)c1ncon1. The zero-order valence-electron chi connectivity index (χ0n) is 13.8. The second-order valence-electron chi connectivity index (χ2n) is 6.09. The number of para-hydroxylation sites is 1. The number of amides is 1. The quantitative estimate of drug-likeness (QED) is 0.775. The minimum absolute atomic E-state index is 0.0579. The summed E-state index contributed by atoms with van der Waals surface area (Å²) in [7, 11) is 0. The summed E-state index contributed by atoms with van der Waals surface area (Å²) in [5, 5.41) is 7.70. The number of benzene rings is 1. The van der Waals surface area contributed by atoms with Crippen LogP contribution in [0.15, 0.2) is 41.5 Å². The largest absolute Gasteiger partial charge is 0.344 e. The highest BCUT2D eigenvalue weighted by molar-refractivity contribution is 5.93. The Kier molecular flexibility index (Phi) is 4.01. The van der Waals surface area contributed by atoms with E-state index in [2.05, 4.69) is 30.3 Å². The van der Waals surface area contributed by atoms with Gasteiger partial charge in [-0.2, -0.15) is 4.98 Å². The number of fused-ring (bicyclic) bond motifs is 1. The smallest absolute Gasteiger partial charge is 0.243 e. The Balaban J connectivity index is 1.58. The van der Waals surface area contributed by atoms with Crippen LogP contribution in [0, 0.1) is 0 Å². The van der Waals surface area contributed by atoms with Crippen LogP contribution in [-0.4, -0.2) is 38.6 Å². The van der Waals surface area contributed by atoms with E-state index >= 15 is 0 Å². The normalized spacial score (nSPS) is 18.4. The second-order valence-corrected chi connectivity index (χ2v) is 6.09. The molecule has 0 radical (unpaired) electrons. The lowest BCUT2D eigenvalue weighted by atomic mass is 10.1. The van der Waals surface area contributed by atoms with Crippen molar-refractivity contribution in [2.75, 3.05) is 11.4 Å².